The molecular formula is C24H21F3N6O2. The minimum Gasteiger partial charge on any atom is -0.373 e. The van der Waals surface area contributed by atoms with Crippen LogP contribution in [0.1, 0.15) is 27.8 Å². The second-order valence-electron chi connectivity index (χ2n) is 7.68. The van der Waals surface area contributed by atoms with Crippen molar-refractivity contribution in [2.45, 2.75) is 19.2 Å². The quantitative estimate of drug-likeness (QED) is 0.401. The first kappa shape index (κ1) is 24.0. The Labute approximate surface area is 198 Å². The van der Waals surface area contributed by atoms with E-state index >= 15 is 0 Å². The van der Waals surface area contributed by atoms with Crippen LogP contribution in [0.4, 0.5) is 24.7 Å². The Balaban J connectivity index is 1.61. The van der Waals surface area contributed by atoms with E-state index in [1.165, 1.54) is 6.20 Å². The number of ether oxygens (including phenoxy) is 1. The molecule has 0 aliphatic heterocycles. The molecule has 180 valence electrons. The molecule has 1 amide bonds. The maximum absolute atomic E-state index is 13.2. The molecule has 0 aliphatic carbocycles. The fourth-order valence-electron chi connectivity index (χ4n) is 3.59. The minimum absolute atomic E-state index is 0.185. The van der Waals surface area contributed by atoms with Gasteiger partial charge in [0.15, 0.2) is 6.10 Å². The van der Waals surface area contributed by atoms with Crippen LogP contribution in [0.5, 0.6) is 0 Å². The zero-order chi connectivity index (χ0) is 25.2. The van der Waals surface area contributed by atoms with Gasteiger partial charge in [-0.3, -0.25) is 19.7 Å². The fraction of sp³-hybridized carbons (Fsp3) is 0.208. The number of alkyl halides is 3. The van der Waals surface area contributed by atoms with Crippen LogP contribution in [-0.4, -0.2) is 46.2 Å². The van der Waals surface area contributed by atoms with Gasteiger partial charge in [0.05, 0.1) is 17.4 Å². The van der Waals surface area contributed by atoms with Crippen LogP contribution < -0.4 is 10.6 Å². The van der Waals surface area contributed by atoms with Crippen molar-refractivity contribution in [3.05, 3.63) is 72.1 Å². The van der Waals surface area contributed by atoms with Crippen molar-refractivity contribution in [2.24, 2.45) is 0 Å². The minimum atomic E-state index is -4.63. The average Bonchev–Trinajstić information content (AvgIpc) is 2.84. The topological polar surface area (TPSA) is 102 Å². The Kier molecular flexibility index (Phi) is 6.61. The summed E-state index contributed by atoms with van der Waals surface area (Å²) in [5, 5.41) is 6.44. The summed E-state index contributed by atoms with van der Waals surface area (Å²) in [5.41, 5.74) is 2.92. The van der Waals surface area contributed by atoms with E-state index in [4.69, 9.17) is 0 Å². The third-order valence-electron chi connectivity index (χ3n) is 5.33. The van der Waals surface area contributed by atoms with Crippen molar-refractivity contribution in [3.63, 3.8) is 0 Å². The number of aryl methyl sites for hydroxylation is 1. The third kappa shape index (κ3) is 5.19. The molecule has 4 aromatic rings. The number of nitrogens with zero attached hydrogens (tertiary/aromatic N) is 4. The summed E-state index contributed by atoms with van der Waals surface area (Å²) in [6.07, 6.45) is -0.789. The maximum atomic E-state index is 13.2. The average molecular weight is 482 g/mol. The van der Waals surface area contributed by atoms with Crippen molar-refractivity contribution in [1.82, 2.24) is 19.9 Å². The summed E-state index contributed by atoms with van der Waals surface area (Å²) in [6.45, 7) is 1.82. The number of pyridine rings is 4. The number of halogens is 3. The van der Waals surface area contributed by atoms with Gasteiger partial charge >= 0.3 is 6.18 Å². The Morgan fingerprint density at radius 2 is 1.83 bits per heavy atom. The second-order valence-corrected chi connectivity index (χ2v) is 7.68. The van der Waals surface area contributed by atoms with Crippen LogP contribution in [-0.2, 0) is 4.74 Å². The van der Waals surface area contributed by atoms with Crippen molar-refractivity contribution < 1.29 is 22.7 Å². The third-order valence-corrected chi connectivity index (χ3v) is 5.33. The van der Waals surface area contributed by atoms with Gasteiger partial charge in [-0.15, -0.1) is 0 Å². The van der Waals surface area contributed by atoms with Gasteiger partial charge in [-0.2, -0.15) is 13.2 Å². The standard InChI is InChI=1S/C24H21F3N6O2/c1-13-18(15-6-16-11-32-21(28-2)9-19(16)31-10-15)8-17(12-30-13)33-23(34)20-7-14(4-5-29-20)22(35-3)24(25,26)27/h4-12,22H,1-3H3,(H,28,32)(H,33,34)/t22-/m1/s1. The van der Waals surface area contributed by atoms with E-state index in [1.807, 2.05) is 19.1 Å². The molecule has 0 saturated carbocycles. The van der Waals surface area contributed by atoms with Crippen LogP contribution in [0.25, 0.3) is 22.0 Å². The number of methoxy groups -OCH3 is 1. The number of rotatable bonds is 6. The first-order valence-corrected chi connectivity index (χ1v) is 10.5. The number of aromatic nitrogens is 4. The van der Waals surface area contributed by atoms with Gasteiger partial charge in [0.1, 0.15) is 11.5 Å². The number of hydrogen-bond donors (Lipinski definition) is 2. The lowest BCUT2D eigenvalue weighted by Crippen LogP contribution is -2.23. The molecule has 2 N–H and O–H groups in total. The second kappa shape index (κ2) is 9.63. The summed E-state index contributed by atoms with van der Waals surface area (Å²) in [5.74, 6) is 0.0194. The molecule has 4 rings (SSSR count). The van der Waals surface area contributed by atoms with E-state index in [-0.39, 0.29) is 11.3 Å². The lowest BCUT2D eigenvalue weighted by molar-refractivity contribution is -0.216. The monoisotopic (exact) mass is 482 g/mol. The van der Waals surface area contributed by atoms with Crippen molar-refractivity contribution in [2.75, 3.05) is 24.8 Å². The van der Waals surface area contributed by atoms with Gasteiger partial charge < -0.3 is 15.4 Å². The van der Waals surface area contributed by atoms with E-state index in [9.17, 15) is 18.0 Å². The predicted molar refractivity (Wildman–Crippen MR) is 125 cm³/mol. The van der Waals surface area contributed by atoms with Crippen molar-refractivity contribution in [3.8, 4) is 11.1 Å². The first-order valence-electron chi connectivity index (χ1n) is 10.5. The van der Waals surface area contributed by atoms with Gasteiger partial charge in [-0.05, 0) is 36.8 Å². The number of nitrogens with one attached hydrogen (secondary N) is 2. The molecule has 0 saturated heterocycles. The Morgan fingerprint density at radius 1 is 1.03 bits per heavy atom. The maximum Gasteiger partial charge on any atom is 0.418 e. The molecule has 4 aromatic heterocycles. The summed E-state index contributed by atoms with van der Waals surface area (Å²) in [6, 6.07) is 7.67. The number of fused-ring (bicyclic) bond motifs is 1. The molecular weight excluding hydrogens is 461 g/mol. The molecule has 4 heterocycles. The number of anilines is 2. The largest absolute Gasteiger partial charge is 0.418 e. The van der Waals surface area contributed by atoms with Gasteiger partial charge in [0.2, 0.25) is 0 Å². The highest BCUT2D eigenvalue weighted by Gasteiger charge is 2.41. The molecule has 8 nitrogen and oxygen atoms in total. The van der Waals surface area contributed by atoms with E-state index < -0.39 is 18.2 Å². The van der Waals surface area contributed by atoms with Crippen molar-refractivity contribution in [1.29, 1.82) is 0 Å². The van der Waals surface area contributed by atoms with Crippen LogP contribution in [0.2, 0.25) is 0 Å². The number of carbonyl (C=O) groups excluding carboxylic acids is 1. The van der Waals surface area contributed by atoms with Gasteiger partial charge in [-0.25, -0.2) is 4.98 Å². The lowest BCUT2D eigenvalue weighted by Gasteiger charge is -2.19. The van der Waals surface area contributed by atoms with Crippen LogP contribution >= 0.6 is 0 Å². The summed E-state index contributed by atoms with van der Waals surface area (Å²) in [4.78, 5) is 29.8. The SMILES string of the molecule is CNc1cc2ncc(-c3cc(NC(=O)c4cc([C@@H](OC)C(F)(F)F)ccn4)cnc3C)cc2cn1. The number of hydrogen-bond acceptors (Lipinski definition) is 7. The van der Waals surface area contributed by atoms with Gasteiger partial charge in [-0.1, -0.05) is 0 Å². The molecule has 0 aliphatic rings. The first-order chi connectivity index (χ1) is 16.7. The zero-order valence-electron chi connectivity index (χ0n) is 19.0. The molecule has 0 unspecified atom stereocenters. The smallest absolute Gasteiger partial charge is 0.373 e. The Bertz CT molecular complexity index is 1390. The highest BCUT2D eigenvalue weighted by Crippen LogP contribution is 2.35. The molecule has 0 fully saturated rings. The summed E-state index contributed by atoms with van der Waals surface area (Å²) < 4.78 is 44.2. The number of amides is 1. The van der Waals surface area contributed by atoms with E-state index in [2.05, 4.69) is 35.3 Å². The summed E-state index contributed by atoms with van der Waals surface area (Å²) in [7, 11) is 2.73. The fourth-order valence-corrected chi connectivity index (χ4v) is 3.59. The van der Waals surface area contributed by atoms with Crippen molar-refractivity contribution >= 4 is 28.3 Å². The highest BCUT2D eigenvalue weighted by molar-refractivity contribution is 6.03. The molecule has 35 heavy (non-hydrogen) atoms. The molecule has 0 bridgehead atoms. The lowest BCUT2D eigenvalue weighted by atomic mass is 10.0. The van der Waals surface area contributed by atoms with E-state index in [0.29, 0.717) is 17.2 Å². The highest BCUT2D eigenvalue weighted by atomic mass is 19.4. The zero-order valence-corrected chi connectivity index (χ0v) is 19.0. The van der Waals surface area contributed by atoms with Crippen LogP contribution in [0.15, 0.2) is 55.1 Å². The molecule has 1 atom stereocenters. The number of carbonyl (C=O) groups is 1. The molecule has 0 aromatic carbocycles. The Morgan fingerprint density at radius 3 is 2.54 bits per heavy atom. The predicted octanol–water partition coefficient (Wildman–Crippen LogP) is 4.94. The van der Waals surface area contributed by atoms with Gasteiger partial charge in [0, 0.05) is 61.0 Å². The molecule has 0 spiro atoms. The van der Waals surface area contributed by atoms with E-state index in [0.717, 1.165) is 47.5 Å². The normalized spacial score (nSPS) is 12.4. The van der Waals surface area contributed by atoms with Crippen LogP contribution in [0.3, 0.4) is 0 Å². The molecule has 11 heteroatoms. The molecule has 0 radical (unpaired) electrons. The van der Waals surface area contributed by atoms with Gasteiger partial charge in [0.25, 0.3) is 5.91 Å². The van der Waals surface area contributed by atoms with E-state index in [1.54, 1.807) is 25.5 Å². The Hall–Kier alpha value is -4.12. The summed E-state index contributed by atoms with van der Waals surface area (Å²) >= 11 is 0. The van der Waals surface area contributed by atoms with Crippen LogP contribution in [0, 0.1) is 6.92 Å².